The fraction of sp³-hybridized carbons (Fsp3) is 0.529. The standard InChI is InChI=1S/C17H21N3OS/c1-11(21)16-10-22-17(20(16)2)19-15-8-7-12(9-18)13-5-3-4-6-14(13)15/h7-8,11,16,21H,3-6,10H2,1-2H3/t11?,16-/m1/s1. The molecule has 4 nitrogen and oxygen atoms in total. The average molecular weight is 315 g/mol. The van der Waals surface area contributed by atoms with Gasteiger partial charge in [0.25, 0.3) is 0 Å². The van der Waals surface area contributed by atoms with E-state index in [2.05, 4.69) is 11.0 Å². The second kappa shape index (κ2) is 6.31. The minimum absolute atomic E-state index is 0.123. The molecule has 1 saturated heterocycles. The highest BCUT2D eigenvalue weighted by molar-refractivity contribution is 8.14. The molecule has 1 aromatic carbocycles. The number of benzene rings is 1. The maximum absolute atomic E-state index is 9.82. The van der Waals surface area contributed by atoms with Crippen LogP contribution in [0, 0.1) is 11.3 Å². The van der Waals surface area contributed by atoms with Gasteiger partial charge in [0.2, 0.25) is 0 Å². The first kappa shape index (κ1) is 15.4. The number of rotatable bonds is 2. The third-order valence-electron chi connectivity index (χ3n) is 4.59. The smallest absolute Gasteiger partial charge is 0.164 e. The van der Waals surface area contributed by atoms with E-state index in [1.54, 1.807) is 11.8 Å². The maximum atomic E-state index is 9.82. The van der Waals surface area contributed by atoms with Gasteiger partial charge in [-0.25, -0.2) is 4.99 Å². The van der Waals surface area contributed by atoms with Gasteiger partial charge in [0, 0.05) is 12.8 Å². The van der Waals surface area contributed by atoms with E-state index < -0.39 is 0 Å². The van der Waals surface area contributed by atoms with Crippen LogP contribution in [0.5, 0.6) is 0 Å². The molecule has 1 unspecified atom stereocenters. The molecule has 116 valence electrons. The van der Waals surface area contributed by atoms with Crippen molar-refractivity contribution in [3.63, 3.8) is 0 Å². The Bertz CT molecular complexity index is 648. The summed E-state index contributed by atoms with van der Waals surface area (Å²) >= 11 is 1.69. The van der Waals surface area contributed by atoms with Crippen LogP contribution in [0.1, 0.15) is 36.5 Å². The van der Waals surface area contributed by atoms with Crippen LogP contribution < -0.4 is 0 Å². The molecule has 5 heteroatoms. The van der Waals surface area contributed by atoms with Crippen molar-refractivity contribution in [2.24, 2.45) is 4.99 Å². The number of hydrogen-bond acceptors (Lipinski definition) is 4. The Morgan fingerprint density at radius 2 is 2.09 bits per heavy atom. The van der Waals surface area contributed by atoms with E-state index >= 15 is 0 Å². The first-order chi connectivity index (χ1) is 10.6. The Morgan fingerprint density at radius 1 is 1.36 bits per heavy atom. The molecule has 0 aromatic heterocycles. The van der Waals surface area contributed by atoms with Gasteiger partial charge >= 0.3 is 0 Å². The zero-order chi connectivity index (χ0) is 15.7. The molecule has 1 aromatic rings. The normalized spacial score (nSPS) is 24.2. The molecule has 1 N–H and O–H groups in total. The van der Waals surface area contributed by atoms with Gasteiger partial charge in [-0.2, -0.15) is 5.26 Å². The van der Waals surface area contributed by atoms with Crippen molar-refractivity contribution < 1.29 is 5.11 Å². The minimum Gasteiger partial charge on any atom is -0.391 e. The molecule has 1 aliphatic carbocycles. The maximum Gasteiger partial charge on any atom is 0.164 e. The van der Waals surface area contributed by atoms with Gasteiger partial charge in [0.05, 0.1) is 29.5 Å². The van der Waals surface area contributed by atoms with Crippen LogP contribution in [0.3, 0.4) is 0 Å². The topological polar surface area (TPSA) is 59.6 Å². The van der Waals surface area contributed by atoms with Crippen molar-refractivity contribution in [3.8, 4) is 6.07 Å². The summed E-state index contributed by atoms with van der Waals surface area (Å²) in [5.74, 6) is 0.867. The number of amidine groups is 1. The predicted octanol–water partition coefficient (Wildman–Crippen LogP) is 2.85. The lowest BCUT2D eigenvalue weighted by Gasteiger charge is -2.24. The summed E-state index contributed by atoms with van der Waals surface area (Å²) in [6, 6.07) is 6.30. The molecule has 0 radical (unpaired) electrons. The van der Waals surface area contributed by atoms with E-state index in [1.807, 2.05) is 26.1 Å². The third-order valence-corrected chi connectivity index (χ3v) is 5.73. The molecule has 1 aliphatic heterocycles. The van der Waals surface area contributed by atoms with Crippen LogP contribution in [0.2, 0.25) is 0 Å². The second-order valence-corrected chi connectivity index (χ2v) is 7.02. The molecular weight excluding hydrogens is 294 g/mol. The van der Waals surface area contributed by atoms with Crippen LogP contribution >= 0.6 is 11.8 Å². The van der Waals surface area contributed by atoms with Crippen LogP contribution in [-0.4, -0.2) is 40.1 Å². The lowest BCUT2D eigenvalue weighted by Crippen LogP contribution is -2.38. The summed E-state index contributed by atoms with van der Waals surface area (Å²) in [6.07, 6.45) is 3.95. The monoisotopic (exact) mass is 315 g/mol. The number of aliphatic imine (C=N–C) groups is 1. The number of nitrogens with zero attached hydrogens (tertiary/aromatic N) is 3. The summed E-state index contributed by atoms with van der Waals surface area (Å²) in [4.78, 5) is 6.92. The van der Waals surface area contributed by atoms with Gasteiger partial charge in [-0.1, -0.05) is 11.8 Å². The van der Waals surface area contributed by atoms with E-state index in [9.17, 15) is 10.4 Å². The number of aliphatic hydroxyl groups is 1. The van der Waals surface area contributed by atoms with Crippen LogP contribution in [0.15, 0.2) is 17.1 Å². The fourth-order valence-corrected chi connectivity index (χ4v) is 4.57. The van der Waals surface area contributed by atoms with Gasteiger partial charge in [-0.3, -0.25) is 0 Å². The van der Waals surface area contributed by atoms with Crippen LogP contribution in [0.4, 0.5) is 5.69 Å². The Hall–Kier alpha value is -1.51. The fourth-order valence-electron chi connectivity index (χ4n) is 3.25. The van der Waals surface area contributed by atoms with Crippen molar-refractivity contribution in [3.05, 3.63) is 28.8 Å². The molecular formula is C17H21N3OS. The van der Waals surface area contributed by atoms with Crippen LogP contribution in [-0.2, 0) is 12.8 Å². The van der Waals surface area contributed by atoms with E-state index in [-0.39, 0.29) is 12.1 Å². The second-order valence-electron chi connectivity index (χ2n) is 6.03. The SMILES string of the molecule is CC(O)[C@H]1CSC(=Nc2ccc(C#N)c3c2CCCC3)N1C. The molecule has 0 amide bonds. The molecule has 2 atom stereocenters. The molecule has 0 bridgehead atoms. The van der Waals surface area contributed by atoms with E-state index in [0.29, 0.717) is 0 Å². The molecule has 22 heavy (non-hydrogen) atoms. The van der Waals surface area contributed by atoms with Gasteiger partial charge in [-0.05, 0) is 55.9 Å². The summed E-state index contributed by atoms with van der Waals surface area (Å²) in [5, 5.41) is 20.1. The Kier molecular flexibility index (Phi) is 4.42. The first-order valence-electron chi connectivity index (χ1n) is 7.79. The van der Waals surface area contributed by atoms with E-state index in [0.717, 1.165) is 41.4 Å². The summed E-state index contributed by atoms with van der Waals surface area (Å²) in [5.41, 5.74) is 4.22. The highest BCUT2D eigenvalue weighted by Gasteiger charge is 2.30. The lowest BCUT2D eigenvalue weighted by molar-refractivity contribution is 0.126. The van der Waals surface area contributed by atoms with Crippen LogP contribution in [0.25, 0.3) is 0 Å². The van der Waals surface area contributed by atoms with E-state index in [1.165, 1.54) is 17.5 Å². The van der Waals surface area contributed by atoms with Crippen molar-refractivity contribution >= 4 is 22.6 Å². The number of nitriles is 1. The number of likely N-dealkylation sites (N-methyl/N-ethyl adjacent to an activating group) is 1. The third kappa shape index (κ3) is 2.73. The quantitative estimate of drug-likeness (QED) is 0.911. The highest BCUT2D eigenvalue weighted by atomic mass is 32.2. The molecule has 1 fully saturated rings. The molecule has 3 rings (SSSR count). The van der Waals surface area contributed by atoms with Gasteiger partial charge < -0.3 is 10.0 Å². The van der Waals surface area contributed by atoms with Crippen molar-refractivity contribution in [1.82, 2.24) is 4.90 Å². The number of fused-ring (bicyclic) bond motifs is 1. The van der Waals surface area contributed by atoms with Gasteiger partial charge in [0.1, 0.15) is 0 Å². The average Bonchev–Trinajstić information content (AvgIpc) is 2.89. The summed E-state index contributed by atoms with van der Waals surface area (Å²) in [7, 11) is 1.99. The Morgan fingerprint density at radius 3 is 2.73 bits per heavy atom. The zero-order valence-electron chi connectivity index (χ0n) is 13.0. The van der Waals surface area contributed by atoms with Crippen molar-refractivity contribution in [2.45, 2.75) is 44.8 Å². The Labute approximate surface area is 135 Å². The van der Waals surface area contributed by atoms with Gasteiger partial charge in [-0.15, -0.1) is 0 Å². The van der Waals surface area contributed by atoms with E-state index in [4.69, 9.17) is 4.99 Å². The number of thioether (sulfide) groups is 1. The molecule has 0 spiro atoms. The van der Waals surface area contributed by atoms with Crippen molar-refractivity contribution in [2.75, 3.05) is 12.8 Å². The molecule has 1 heterocycles. The highest BCUT2D eigenvalue weighted by Crippen LogP contribution is 2.34. The first-order valence-corrected chi connectivity index (χ1v) is 8.77. The van der Waals surface area contributed by atoms with Crippen molar-refractivity contribution in [1.29, 1.82) is 5.26 Å². The number of aliphatic hydroxyl groups excluding tert-OH is 1. The zero-order valence-corrected chi connectivity index (χ0v) is 13.9. The predicted molar refractivity (Wildman–Crippen MR) is 90.6 cm³/mol. The Balaban J connectivity index is 1.97. The number of hydrogen-bond donors (Lipinski definition) is 1. The molecule has 2 aliphatic rings. The van der Waals surface area contributed by atoms with Gasteiger partial charge in [0.15, 0.2) is 5.17 Å². The molecule has 0 saturated carbocycles. The summed E-state index contributed by atoms with van der Waals surface area (Å²) < 4.78 is 0. The summed E-state index contributed by atoms with van der Waals surface area (Å²) in [6.45, 7) is 1.83. The minimum atomic E-state index is -0.361. The largest absolute Gasteiger partial charge is 0.391 e. The lowest BCUT2D eigenvalue weighted by atomic mass is 9.87.